The fourth-order valence-corrected chi connectivity index (χ4v) is 5.39. The number of amides is 2. The Morgan fingerprint density at radius 3 is 2.21 bits per heavy atom. The van der Waals surface area contributed by atoms with Crippen LogP contribution in [0.1, 0.15) is 16.7 Å². The maximum atomic E-state index is 13.9. The Morgan fingerprint density at radius 2 is 1.61 bits per heavy atom. The van der Waals surface area contributed by atoms with E-state index >= 15 is 0 Å². The number of nitrogens with one attached hydrogen (secondary N) is 1. The number of nitrogens with zero attached hydrogens (tertiary/aromatic N) is 2. The van der Waals surface area contributed by atoms with E-state index in [0.29, 0.717) is 26.2 Å². The second-order valence-electron chi connectivity index (χ2n) is 8.79. The first kappa shape index (κ1) is 29.8. The predicted molar refractivity (Wildman–Crippen MR) is 153 cm³/mol. The zero-order chi connectivity index (χ0) is 28.0. The first-order chi connectivity index (χ1) is 17.9. The molecule has 1 N–H and O–H groups in total. The fraction of sp³-hybridized carbons (Fsp3) is 0.259. The number of carbonyl (C=O) groups excluding carboxylic acids is 2. The lowest BCUT2D eigenvalue weighted by atomic mass is 10.0. The average molecular weight is 597 g/mol. The number of aryl methyl sites for hydroxylation is 1. The van der Waals surface area contributed by atoms with E-state index in [4.69, 9.17) is 34.8 Å². The van der Waals surface area contributed by atoms with Crippen molar-refractivity contribution in [3.63, 3.8) is 0 Å². The van der Waals surface area contributed by atoms with Gasteiger partial charge >= 0.3 is 0 Å². The molecular weight excluding hydrogens is 569 g/mol. The Hall–Kier alpha value is -2.78. The second-order valence-corrected chi connectivity index (χ2v) is 11.9. The molecule has 0 unspecified atom stereocenters. The van der Waals surface area contributed by atoms with Crippen LogP contribution in [0.4, 0.5) is 5.69 Å². The molecule has 202 valence electrons. The van der Waals surface area contributed by atoms with Crippen LogP contribution in [0.15, 0.2) is 66.7 Å². The lowest BCUT2D eigenvalue weighted by molar-refractivity contribution is -0.139. The van der Waals surface area contributed by atoms with Crippen LogP contribution >= 0.6 is 34.8 Å². The van der Waals surface area contributed by atoms with Crippen molar-refractivity contribution in [2.24, 2.45) is 0 Å². The molecule has 0 heterocycles. The molecule has 0 aliphatic rings. The highest BCUT2D eigenvalue weighted by Gasteiger charge is 2.33. The minimum Gasteiger partial charge on any atom is -0.357 e. The molecule has 0 saturated heterocycles. The Labute approximate surface area is 238 Å². The summed E-state index contributed by atoms with van der Waals surface area (Å²) in [5.74, 6) is -0.975. The summed E-state index contributed by atoms with van der Waals surface area (Å²) in [7, 11) is -2.41. The SMILES string of the molecule is CNC(=O)[C@@H](Cc1ccccc1)N(Cc1ccc(Cl)c(Cl)c1)C(=O)CN(c1cc(Cl)ccc1C)S(C)(=O)=O. The molecule has 0 aliphatic carbocycles. The van der Waals surface area contributed by atoms with Gasteiger partial charge in [0, 0.05) is 25.0 Å². The molecule has 0 aliphatic heterocycles. The van der Waals surface area contributed by atoms with Crippen molar-refractivity contribution in [1.82, 2.24) is 10.2 Å². The number of benzene rings is 3. The summed E-state index contributed by atoms with van der Waals surface area (Å²) in [6.45, 7) is 1.18. The molecule has 3 rings (SSSR count). The van der Waals surface area contributed by atoms with Crippen LogP contribution in [0.25, 0.3) is 0 Å². The highest BCUT2D eigenvalue weighted by atomic mass is 35.5. The van der Waals surface area contributed by atoms with Crippen molar-refractivity contribution in [1.29, 1.82) is 0 Å². The molecule has 0 bridgehead atoms. The van der Waals surface area contributed by atoms with Crippen molar-refractivity contribution >= 4 is 62.3 Å². The quantitative estimate of drug-likeness (QED) is 0.353. The summed E-state index contributed by atoms with van der Waals surface area (Å²) in [6, 6.07) is 18.0. The Balaban J connectivity index is 2.07. The van der Waals surface area contributed by atoms with Crippen LogP contribution < -0.4 is 9.62 Å². The van der Waals surface area contributed by atoms with E-state index in [0.717, 1.165) is 16.1 Å². The number of anilines is 1. The summed E-state index contributed by atoms with van der Waals surface area (Å²) in [4.78, 5) is 28.4. The predicted octanol–water partition coefficient (Wildman–Crippen LogP) is 5.11. The Morgan fingerprint density at radius 1 is 0.921 bits per heavy atom. The fourth-order valence-electron chi connectivity index (χ4n) is 4.00. The van der Waals surface area contributed by atoms with Crippen LogP contribution in [-0.4, -0.2) is 51.0 Å². The summed E-state index contributed by atoms with van der Waals surface area (Å²) < 4.78 is 26.7. The third-order valence-corrected chi connectivity index (χ3v) is 8.07. The number of carbonyl (C=O) groups is 2. The summed E-state index contributed by atoms with van der Waals surface area (Å²) in [5.41, 5.74) is 2.36. The summed E-state index contributed by atoms with van der Waals surface area (Å²) in [6.07, 6.45) is 1.23. The van der Waals surface area contributed by atoms with Crippen LogP contribution in [0.2, 0.25) is 15.1 Å². The van der Waals surface area contributed by atoms with Gasteiger partial charge in [-0.3, -0.25) is 13.9 Å². The van der Waals surface area contributed by atoms with Crippen molar-refractivity contribution in [2.75, 3.05) is 24.2 Å². The molecule has 3 aromatic rings. The van der Waals surface area contributed by atoms with Gasteiger partial charge in [-0.15, -0.1) is 0 Å². The Bertz CT molecular complexity index is 1420. The van der Waals surface area contributed by atoms with Gasteiger partial charge in [0.2, 0.25) is 21.8 Å². The maximum Gasteiger partial charge on any atom is 0.244 e. The van der Waals surface area contributed by atoms with E-state index in [1.165, 1.54) is 18.0 Å². The van der Waals surface area contributed by atoms with Gasteiger partial charge in [0.05, 0.1) is 22.0 Å². The van der Waals surface area contributed by atoms with Crippen molar-refractivity contribution in [3.8, 4) is 0 Å². The van der Waals surface area contributed by atoms with E-state index in [2.05, 4.69) is 5.32 Å². The van der Waals surface area contributed by atoms with Crippen molar-refractivity contribution in [2.45, 2.75) is 25.9 Å². The Kier molecular flexibility index (Phi) is 10.1. The third kappa shape index (κ3) is 7.63. The van der Waals surface area contributed by atoms with E-state index in [9.17, 15) is 18.0 Å². The van der Waals surface area contributed by atoms with E-state index in [-0.39, 0.29) is 18.7 Å². The van der Waals surface area contributed by atoms with Gasteiger partial charge in [0.15, 0.2) is 0 Å². The van der Waals surface area contributed by atoms with Gasteiger partial charge in [0.1, 0.15) is 12.6 Å². The normalized spacial score (nSPS) is 12.1. The summed E-state index contributed by atoms with van der Waals surface area (Å²) >= 11 is 18.4. The molecule has 7 nitrogen and oxygen atoms in total. The lowest BCUT2D eigenvalue weighted by Gasteiger charge is -2.33. The van der Waals surface area contributed by atoms with Crippen molar-refractivity contribution in [3.05, 3.63) is 98.5 Å². The molecular formula is C27H28Cl3N3O4S. The molecule has 1 atom stereocenters. The maximum absolute atomic E-state index is 13.9. The second kappa shape index (κ2) is 12.8. The highest BCUT2D eigenvalue weighted by Crippen LogP contribution is 2.28. The molecule has 0 fully saturated rings. The standard InChI is InChI=1S/C27H28Cl3N3O4S/c1-18-9-11-21(28)15-24(18)33(38(3,36)37)17-26(34)32(16-20-10-12-22(29)23(30)13-20)25(27(35)31-2)14-19-7-5-4-6-8-19/h4-13,15,25H,14,16-17H2,1-3H3,(H,31,35)/t25-/m1/s1. The molecule has 38 heavy (non-hydrogen) atoms. The van der Waals surface area contributed by atoms with Gasteiger partial charge in [-0.1, -0.05) is 77.3 Å². The first-order valence-corrected chi connectivity index (χ1v) is 14.6. The molecule has 3 aromatic carbocycles. The molecule has 0 saturated carbocycles. The molecule has 0 aromatic heterocycles. The largest absolute Gasteiger partial charge is 0.357 e. The van der Waals surface area contributed by atoms with Crippen LogP contribution in [0.3, 0.4) is 0 Å². The number of hydrogen-bond acceptors (Lipinski definition) is 4. The zero-order valence-corrected chi connectivity index (χ0v) is 24.2. The number of hydrogen-bond donors (Lipinski definition) is 1. The minimum atomic E-state index is -3.89. The molecule has 2 amide bonds. The van der Waals surface area contributed by atoms with E-state index in [1.54, 1.807) is 37.3 Å². The third-order valence-electron chi connectivity index (χ3n) is 5.97. The van der Waals surface area contributed by atoms with Crippen LogP contribution in [0, 0.1) is 6.92 Å². The molecule has 11 heteroatoms. The smallest absolute Gasteiger partial charge is 0.244 e. The van der Waals surface area contributed by atoms with Gasteiger partial charge in [-0.05, 0) is 47.9 Å². The van der Waals surface area contributed by atoms with E-state index in [1.807, 2.05) is 30.3 Å². The monoisotopic (exact) mass is 595 g/mol. The van der Waals surface area contributed by atoms with Gasteiger partial charge in [0.25, 0.3) is 0 Å². The number of likely N-dealkylation sites (N-methyl/N-ethyl adjacent to an activating group) is 1. The number of halogens is 3. The first-order valence-electron chi connectivity index (χ1n) is 11.6. The van der Waals surface area contributed by atoms with Crippen LogP contribution in [0.5, 0.6) is 0 Å². The van der Waals surface area contributed by atoms with Gasteiger partial charge < -0.3 is 10.2 Å². The topological polar surface area (TPSA) is 86.8 Å². The minimum absolute atomic E-state index is 0.00717. The highest BCUT2D eigenvalue weighted by molar-refractivity contribution is 7.92. The average Bonchev–Trinajstić information content (AvgIpc) is 2.87. The molecule has 0 spiro atoms. The summed E-state index contributed by atoms with van der Waals surface area (Å²) in [5, 5.41) is 3.60. The van der Waals surface area contributed by atoms with Gasteiger partial charge in [-0.2, -0.15) is 0 Å². The van der Waals surface area contributed by atoms with Crippen molar-refractivity contribution < 1.29 is 18.0 Å². The van der Waals surface area contributed by atoms with E-state index < -0.39 is 34.4 Å². The van der Waals surface area contributed by atoms with Crippen LogP contribution in [-0.2, 0) is 32.6 Å². The van der Waals surface area contributed by atoms with Gasteiger partial charge in [-0.25, -0.2) is 8.42 Å². The zero-order valence-electron chi connectivity index (χ0n) is 21.1. The number of sulfonamides is 1. The molecule has 0 radical (unpaired) electrons. The number of rotatable bonds is 10. The lowest BCUT2D eigenvalue weighted by Crippen LogP contribution is -2.53.